The molecule has 2 rings (SSSR count). The van der Waals surface area contributed by atoms with Crippen LogP contribution in [0.2, 0.25) is 0 Å². The number of carbonyl (C=O) groups excluding carboxylic acids is 1. The Morgan fingerprint density at radius 1 is 0.778 bits per heavy atom. The lowest BCUT2D eigenvalue weighted by atomic mass is 10.1. The molecule has 0 unspecified atom stereocenters. The Morgan fingerprint density at radius 2 is 1.26 bits per heavy atom. The van der Waals surface area contributed by atoms with Gasteiger partial charge in [0.1, 0.15) is 11.5 Å². The van der Waals surface area contributed by atoms with E-state index in [1.54, 1.807) is 60.7 Å². The molecule has 0 aromatic heterocycles. The van der Waals surface area contributed by atoms with Crippen molar-refractivity contribution >= 4 is 13.8 Å². The molecule has 2 aromatic carbocycles. The SMILES string of the molecule is CCCCCCCCC(=O)OP(=O)(Oc1ccccc1)Oc1ccccc1. The van der Waals surface area contributed by atoms with Crippen LogP contribution in [0.25, 0.3) is 0 Å². The highest BCUT2D eigenvalue weighted by Crippen LogP contribution is 2.49. The third-order valence-corrected chi connectivity index (χ3v) is 5.17. The average molecular weight is 390 g/mol. The second kappa shape index (κ2) is 11.5. The molecule has 0 spiro atoms. The summed E-state index contributed by atoms with van der Waals surface area (Å²) in [5, 5.41) is 0. The molecule has 6 heteroatoms. The minimum atomic E-state index is -4.14. The number of hydrogen-bond acceptors (Lipinski definition) is 5. The fraction of sp³-hybridized carbons (Fsp3) is 0.381. The Balaban J connectivity index is 1.95. The second-order valence-electron chi connectivity index (χ2n) is 6.24. The van der Waals surface area contributed by atoms with Gasteiger partial charge in [-0.1, -0.05) is 75.4 Å². The maximum absolute atomic E-state index is 13.0. The van der Waals surface area contributed by atoms with Crippen LogP contribution in [0.5, 0.6) is 11.5 Å². The molecule has 0 saturated heterocycles. The first-order chi connectivity index (χ1) is 13.1. The monoisotopic (exact) mass is 390 g/mol. The van der Waals surface area contributed by atoms with Crippen molar-refractivity contribution in [1.29, 1.82) is 0 Å². The first-order valence-corrected chi connectivity index (χ1v) is 10.9. The van der Waals surface area contributed by atoms with Crippen LogP contribution < -0.4 is 9.05 Å². The van der Waals surface area contributed by atoms with Gasteiger partial charge in [0.25, 0.3) is 0 Å². The summed E-state index contributed by atoms with van der Waals surface area (Å²) in [6, 6.07) is 17.1. The van der Waals surface area contributed by atoms with Crippen LogP contribution in [0.1, 0.15) is 51.9 Å². The predicted octanol–water partition coefficient (Wildman–Crippen LogP) is 6.55. The minimum absolute atomic E-state index is 0.187. The standard InChI is InChI=1S/C21H27O5P/c1-2-3-4-5-6-13-18-21(22)26-27(23,24-19-14-9-7-10-15-19)25-20-16-11-8-12-17-20/h7-12,14-17H,2-6,13,18H2,1H3. The van der Waals surface area contributed by atoms with Crippen molar-refractivity contribution in [2.24, 2.45) is 0 Å². The number of para-hydroxylation sites is 2. The van der Waals surface area contributed by atoms with Crippen LogP contribution in [0.15, 0.2) is 60.7 Å². The van der Waals surface area contributed by atoms with Crippen LogP contribution in [0, 0.1) is 0 Å². The average Bonchev–Trinajstić information content (AvgIpc) is 2.66. The second-order valence-corrected chi connectivity index (χ2v) is 7.68. The molecule has 5 nitrogen and oxygen atoms in total. The van der Waals surface area contributed by atoms with Gasteiger partial charge in [0.05, 0.1) is 0 Å². The molecule has 0 fully saturated rings. The molecule has 0 bridgehead atoms. The Bertz CT molecular complexity index is 672. The quantitative estimate of drug-likeness (QED) is 0.304. The Hall–Kier alpha value is -2.26. The van der Waals surface area contributed by atoms with E-state index in [4.69, 9.17) is 13.6 Å². The van der Waals surface area contributed by atoms with Crippen LogP contribution in [0.4, 0.5) is 0 Å². The molecule has 0 saturated carbocycles. The van der Waals surface area contributed by atoms with Crippen LogP contribution in [0.3, 0.4) is 0 Å². The molecule has 0 heterocycles. The van der Waals surface area contributed by atoms with Crippen molar-refractivity contribution in [3.05, 3.63) is 60.7 Å². The van der Waals surface area contributed by atoms with E-state index in [1.807, 2.05) is 0 Å². The molecule has 0 aliphatic heterocycles. The summed E-state index contributed by atoms with van der Waals surface area (Å²) in [6.45, 7) is 2.16. The van der Waals surface area contributed by atoms with E-state index < -0.39 is 13.8 Å². The van der Waals surface area contributed by atoms with Crippen molar-refractivity contribution in [3.8, 4) is 11.5 Å². The molecule has 0 atom stereocenters. The number of unbranched alkanes of at least 4 members (excludes halogenated alkanes) is 5. The van der Waals surface area contributed by atoms with Crippen LogP contribution in [-0.4, -0.2) is 5.97 Å². The summed E-state index contributed by atoms with van der Waals surface area (Å²) in [5.74, 6) is 0.0361. The topological polar surface area (TPSA) is 61.8 Å². The summed E-state index contributed by atoms with van der Waals surface area (Å²) in [7, 11) is -4.14. The van der Waals surface area contributed by atoms with E-state index in [0.717, 1.165) is 19.3 Å². The van der Waals surface area contributed by atoms with Crippen molar-refractivity contribution < 1.29 is 22.9 Å². The maximum Gasteiger partial charge on any atom is 0.649 e. The van der Waals surface area contributed by atoms with Gasteiger partial charge in [-0.2, -0.15) is 4.57 Å². The number of phosphoric acid groups is 1. The Kier molecular flexibility index (Phi) is 8.93. The van der Waals surface area contributed by atoms with E-state index in [9.17, 15) is 9.36 Å². The summed E-state index contributed by atoms with van der Waals surface area (Å²) in [4.78, 5) is 12.2. The first-order valence-electron chi connectivity index (χ1n) is 9.43. The van der Waals surface area contributed by atoms with Crippen molar-refractivity contribution in [1.82, 2.24) is 0 Å². The van der Waals surface area contributed by atoms with Gasteiger partial charge in [-0.25, -0.2) is 0 Å². The lowest BCUT2D eigenvalue weighted by Gasteiger charge is -2.18. The fourth-order valence-electron chi connectivity index (χ4n) is 2.50. The molecule has 146 valence electrons. The minimum Gasteiger partial charge on any atom is -0.386 e. The predicted molar refractivity (Wildman–Crippen MR) is 106 cm³/mol. The van der Waals surface area contributed by atoms with Crippen molar-refractivity contribution in [3.63, 3.8) is 0 Å². The first kappa shape index (κ1) is 21.0. The Morgan fingerprint density at radius 3 is 1.78 bits per heavy atom. The fourth-order valence-corrected chi connectivity index (χ4v) is 3.71. The van der Waals surface area contributed by atoms with Gasteiger partial charge >= 0.3 is 13.8 Å². The maximum atomic E-state index is 13.0. The molecule has 0 aliphatic rings. The van der Waals surface area contributed by atoms with Gasteiger partial charge in [0.15, 0.2) is 0 Å². The molecule has 0 amide bonds. The van der Waals surface area contributed by atoms with Gasteiger partial charge in [-0.3, -0.25) is 4.79 Å². The number of benzene rings is 2. The van der Waals surface area contributed by atoms with Crippen LogP contribution >= 0.6 is 7.82 Å². The molecule has 0 N–H and O–H groups in total. The molecular formula is C21H27O5P. The zero-order valence-corrected chi connectivity index (χ0v) is 16.6. The lowest BCUT2D eigenvalue weighted by Crippen LogP contribution is -2.10. The lowest BCUT2D eigenvalue weighted by molar-refractivity contribution is -0.135. The van der Waals surface area contributed by atoms with E-state index in [1.165, 1.54) is 12.8 Å². The van der Waals surface area contributed by atoms with Crippen molar-refractivity contribution in [2.75, 3.05) is 0 Å². The number of rotatable bonds is 12. The van der Waals surface area contributed by atoms with Gasteiger partial charge in [-0.05, 0) is 30.7 Å². The molecule has 0 aliphatic carbocycles. The van der Waals surface area contributed by atoms with E-state index in [-0.39, 0.29) is 6.42 Å². The smallest absolute Gasteiger partial charge is 0.386 e. The number of carbonyl (C=O) groups is 1. The third-order valence-electron chi connectivity index (χ3n) is 3.87. The van der Waals surface area contributed by atoms with Gasteiger partial charge in [0.2, 0.25) is 0 Å². The normalized spacial score (nSPS) is 11.0. The summed E-state index contributed by atoms with van der Waals surface area (Å²) < 4.78 is 29.0. The van der Waals surface area contributed by atoms with Crippen LogP contribution in [-0.2, 0) is 13.9 Å². The number of phosphoric ester groups is 1. The largest absolute Gasteiger partial charge is 0.649 e. The van der Waals surface area contributed by atoms with Gasteiger partial charge in [-0.15, -0.1) is 0 Å². The molecular weight excluding hydrogens is 363 g/mol. The van der Waals surface area contributed by atoms with E-state index in [2.05, 4.69) is 6.92 Å². The van der Waals surface area contributed by atoms with Gasteiger partial charge < -0.3 is 13.6 Å². The highest BCUT2D eigenvalue weighted by atomic mass is 31.2. The molecule has 0 radical (unpaired) electrons. The summed E-state index contributed by atoms with van der Waals surface area (Å²) in [6.07, 6.45) is 6.45. The molecule has 27 heavy (non-hydrogen) atoms. The summed E-state index contributed by atoms with van der Waals surface area (Å²) in [5.41, 5.74) is 0. The van der Waals surface area contributed by atoms with Gasteiger partial charge in [0, 0.05) is 6.42 Å². The molecule has 2 aromatic rings. The zero-order valence-electron chi connectivity index (χ0n) is 15.7. The van der Waals surface area contributed by atoms with E-state index in [0.29, 0.717) is 17.9 Å². The van der Waals surface area contributed by atoms with E-state index >= 15 is 0 Å². The number of hydrogen-bond donors (Lipinski definition) is 0. The summed E-state index contributed by atoms with van der Waals surface area (Å²) >= 11 is 0. The third kappa shape index (κ3) is 8.31. The zero-order chi connectivity index (χ0) is 19.4. The van der Waals surface area contributed by atoms with Crippen molar-refractivity contribution in [2.45, 2.75) is 51.9 Å². The Labute approximate surface area is 161 Å². The highest BCUT2D eigenvalue weighted by Gasteiger charge is 2.35. The highest BCUT2D eigenvalue weighted by molar-refractivity contribution is 7.50.